The molecule has 0 fully saturated rings. The lowest BCUT2D eigenvalue weighted by atomic mass is 9.91. The SMILES string of the molecule is COc1cccc2c1NC(=O)[C@H](Oc1ccccc1)[C@H]2NC(C(N)=O)C(C)C. The molecule has 1 heterocycles. The second-order valence-corrected chi connectivity index (χ2v) is 7.03. The molecule has 0 bridgehead atoms. The summed E-state index contributed by atoms with van der Waals surface area (Å²) in [4.78, 5) is 24.9. The summed E-state index contributed by atoms with van der Waals surface area (Å²) in [7, 11) is 1.54. The first kappa shape index (κ1) is 19.7. The Morgan fingerprint density at radius 1 is 1.14 bits per heavy atom. The molecule has 3 rings (SSSR count). The van der Waals surface area contributed by atoms with Crippen molar-refractivity contribution in [1.29, 1.82) is 0 Å². The van der Waals surface area contributed by atoms with E-state index in [2.05, 4.69) is 10.6 Å². The highest BCUT2D eigenvalue weighted by Gasteiger charge is 2.41. The highest BCUT2D eigenvalue weighted by molar-refractivity contribution is 6.00. The molecular formula is C21H25N3O4. The molecule has 28 heavy (non-hydrogen) atoms. The molecule has 3 atom stereocenters. The van der Waals surface area contributed by atoms with E-state index >= 15 is 0 Å². The van der Waals surface area contributed by atoms with Gasteiger partial charge in [0.15, 0.2) is 6.10 Å². The van der Waals surface area contributed by atoms with E-state index in [0.29, 0.717) is 17.2 Å². The van der Waals surface area contributed by atoms with Crippen LogP contribution in [0.25, 0.3) is 0 Å². The first-order valence-electron chi connectivity index (χ1n) is 9.17. The Morgan fingerprint density at radius 3 is 2.46 bits per heavy atom. The van der Waals surface area contributed by atoms with Gasteiger partial charge >= 0.3 is 0 Å². The highest BCUT2D eigenvalue weighted by atomic mass is 16.5. The number of benzene rings is 2. The van der Waals surface area contributed by atoms with Crippen molar-refractivity contribution in [2.24, 2.45) is 11.7 Å². The van der Waals surface area contributed by atoms with Gasteiger partial charge in [0.25, 0.3) is 5.91 Å². The van der Waals surface area contributed by atoms with Crippen LogP contribution in [0.2, 0.25) is 0 Å². The van der Waals surface area contributed by atoms with E-state index in [1.54, 1.807) is 18.2 Å². The summed E-state index contributed by atoms with van der Waals surface area (Å²) in [5.74, 6) is 0.222. The fourth-order valence-corrected chi connectivity index (χ4v) is 3.36. The first-order chi connectivity index (χ1) is 13.4. The predicted octanol–water partition coefficient (Wildman–Crippen LogP) is 2.24. The van der Waals surface area contributed by atoms with E-state index in [4.69, 9.17) is 15.2 Å². The van der Waals surface area contributed by atoms with Crippen molar-refractivity contribution in [3.8, 4) is 11.5 Å². The third-order valence-corrected chi connectivity index (χ3v) is 4.76. The maximum Gasteiger partial charge on any atom is 0.267 e. The summed E-state index contributed by atoms with van der Waals surface area (Å²) in [6.45, 7) is 3.79. The van der Waals surface area contributed by atoms with Crippen LogP contribution in [0.3, 0.4) is 0 Å². The van der Waals surface area contributed by atoms with E-state index < -0.39 is 24.1 Å². The van der Waals surface area contributed by atoms with Crippen LogP contribution in [0.15, 0.2) is 48.5 Å². The summed E-state index contributed by atoms with van der Waals surface area (Å²) >= 11 is 0. The summed E-state index contributed by atoms with van der Waals surface area (Å²) in [6.07, 6.45) is -0.886. The van der Waals surface area contributed by atoms with E-state index in [-0.39, 0.29) is 11.8 Å². The van der Waals surface area contributed by atoms with Crippen LogP contribution in [0.1, 0.15) is 25.5 Å². The third-order valence-electron chi connectivity index (χ3n) is 4.76. The minimum Gasteiger partial charge on any atom is -0.495 e. The molecule has 1 aliphatic heterocycles. The maximum atomic E-state index is 12.9. The zero-order valence-corrected chi connectivity index (χ0v) is 16.1. The Kier molecular flexibility index (Phi) is 5.84. The monoisotopic (exact) mass is 383 g/mol. The number of primary amides is 1. The van der Waals surface area contributed by atoms with Crippen LogP contribution in [0.4, 0.5) is 5.69 Å². The number of amides is 2. The molecule has 148 valence electrons. The van der Waals surface area contributed by atoms with E-state index in [1.165, 1.54) is 7.11 Å². The van der Waals surface area contributed by atoms with Gasteiger partial charge in [-0.1, -0.05) is 44.2 Å². The van der Waals surface area contributed by atoms with Crippen molar-refractivity contribution in [2.45, 2.75) is 32.0 Å². The number of hydrogen-bond acceptors (Lipinski definition) is 5. The van der Waals surface area contributed by atoms with Crippen LogP contribution in [-0.4, -0.2) is 31.1 Å². The number of fused-ring (bicyclic) bond motifs is 1. The van der Waals surface area contributed by atoms with Gasteiger partial charge in [0.2, 0.25) is 5.91 Å². The van der Waals surface area contributed by atoms with Gasteiger partial charge in [-0.25, -0.2) is 0 Å². The number of nitrogens with one attached hydrogen (secondary N) is 2. The third kappa shape index (κ3) is 3.94. The number of carbonyl (C=O) groups excluding carboxylic acids is 2. The van der Waals surface area contributed by atoms with Gasteiger partial charge in [0, 0.05) is 5.56 Å². The molecule has 2 aromatic rings. The van der Waals surface area contributed by atoms with Gasteiger partial charge in [0.1, 0.15) is 11.5 Å². The summed E-state index contributed by atoms with van der Waals surface area (Å²) in [6, 6.07) is 13.3. The molecule has 1 aliphatic rings. The standard InChI is InChI=1S/C21H25N3O4/c1-12(2)16(20(22)25)23-18-14-10-7-11-15(27-3)17(14)24-21(26)19(18)28-13-8-5-4-6-9-13/h4-12,16,18-19,23H,1-3H3,(H2,22,25)(H,24,26)/t16?,18-,19+/m0/s1. The van der Waals surface area contributed by atoms with Crippen molar-refractivity contribution in [2.75, 3.05) is 12.4 Å². The van der Waals surface area contributed by atoms with Gasteiger partial charge < -0.3 is 20.5 Å². The van der Waals surface area contributed by atoms with Crippen molar-refractivity contribution in [3.05, 3.63) is 54.1 Å². The quantitative estimate of drug-likeness (QED) is 0.680. The van der Waals surface area contributed by atoms with Gasteiger partial charge in [-0.05, 0) is 24.1 Å². The molecule has 0 radical (unpaired) electrons. The fourth-order valence-electron chi connectivity index (χ4n) is 3.36. The molecule has 7 nitrogen and oxygen atoms in total. The summed E-state index contributed by atoms with van der Waals surface area (Å²) in [5, 5.41) is 6.11. The predicted molar refractivity (Wildman–Crippen MR) is 106 cm³/mol. The normalized spacial score (nSPS) is 19.5. The number of carbonyl (C=O) groups is 2. The van der Waals surface area contributed by atoms with Crippen LogP contribution in [0, 0.1) is 5.92 Å². The number of para-hydroxylation sites is 2. The molecule has 2 amide bonds. The average Bonchev–Trinajstić information content (AvgIpc) is 2.67. The highest BCUT2D eigenvalue weighted by Crippen LogP contribution is 2.39. The zero-order valence-electron chi connectivity index (χ0n) is 16.1. The number of ether oxygens (including phenoxy) is 2. The zero-order chi connectivity index (χ0) is 20.3. The largest absolute Gasteiger partial charge is 0.495 e. The second kappa shape index (κ2) is 8.31. The smallest absolute Gasteiger partial charge is 0.267 e. The van der Waals surface area contributed by atoms with Gasteiger partial charge in [-0.2, -0.15) is 0 Å². The molecule has 0 aliphatic carbocycles. The Bertz CT molecular complexity index is 854. The van der Waals surface area contributed by atoms with Crippen molar-refractivity contribution in [3.63, 3.8) is 0 Å². The number of anilines is 1. The van der Waals surface area contributed by atoms with Gasteiger partial charge in [-0.3, -0.25) is 14.9 Å². The molecule has 0 saturated carbocycles. The maximum absolute atomic E-state index is 12.9. The Labute approximate surface area is 164 Å². The molecule has 0 spiro atoms. The van der Waals surface area contributed by atoms with Gasteiger partial charge in [-0.15, -0.1) is 0 Å². The lowest BCUT2D eigenvalue weighted by molar-refractivity contribution is -0.126. The van der Waals surface area contributed by atoms with Crippen LogP contribution in [0.5, 0.6) is 11.5 Å². The second-order valence-electron chi connectivity index (χ2n) is 7.03. The molecule has 1 unspecified atom stereocenters. The Morgan fingerprint density at radius 2 is 1.86 bits per heavy atom. The Hall–Kier alpha value is -3.06. The van der Waals surface area contributed by atoms with Gasteiger partial charge in [0.05, 0.1) is 24.9 Å². The van der Waals surface area contributed by atoms with Crippen molar-refractivity contribution in [1.82, 2.24) is 5.32 Å². The van der Waals surface area contributed by atoms with Crippen LogP contribution < -0.4 is 25.8 Å². The minimum absolute atomic E-state index is 0.0612. The molecule has 0 aromatic heterocycles. The number of hydrogen-bond donors (Lipinski definition) is 3. The summed E-state index contributed by atoms with van der Waals surface area (Å²) in [5.41, 5.74) is 6.93. The minimum atomic E-state index is -0.886. The Balaban J connectivity index is 2.04. The fraction of sp³-hybridized carbons (Fsp3) is 0.333. The number of methoxy groups -OCH3 is 1. The van der Waals surface area contributed by atoms with E-state index in [1.807, 2.05) is 44.2 Å². The molecule has 7 heteroatoms. The lowest BCUT2D eigenvalue weighted by Crippen LogP contribution is -2.54. The first-order valence-corrected chi connectivity index (χ1v) is 9.17. The topological polar surface area (TPSA) is 103 Å². The number of rotatable bonds is 7. The number of nitrogens with two attached hydrogens (primary N) is 1. The summed E-state index contributed by atoms with van der Waals surface area (Å²) < 4.78 is 11.4. The molecular weight excluding hydrogens is 358 g/mol. The van der Waals surface area contributed by atoms with Crippen molar-refractivity contribution >= 4 is 17.5 Å². The molecule has 0 saturated heterocycles. The average molecular weight is 383 g/mol. The van der Waals surface area contributed by atoms with Crippen LogP contribution >= 0.6 is 0 Å². The van der Waals surface area contributed by atoms with Crippen LogP contribution in [-0.2, 0) is 9.59 Å². The lowest BCUT2D eigenvalue weighted by Gasteiger charge is -2.36. The molecule has 2 aromatic carbocycles. The van der Waals surface area contributed by atoms with Crippen molar-refractivity contribution < 1.29 is 19.1 Å². The molecule has 4 N–H and O–H groups in total. The van der Waals surface area contributed by atoms with E-state index in [0.717, 1.165) is 5.56 Å². The van der Waals surface area contributed by atoms with E-state index in [9.17, 15) is 9.59 Å².